The minimum absolute atomic E-state index is 0.0794. The van der Waals surface area contributed by atoms with Gasteiger partial charge in [0.25, 0.3) is 0 Å². The first-order valence-electron chi connectivity index (χ1n) is 15.5. The van der Waals surface area contributed by atoms with Crippen molar-refractivity contribution in [3.63, 3.8) is 0 Å². The van der Waals surface area contributed by atoms with E-state index in [0.29, 0.717) is 30.0 Å². The number of para-hydroxylation sites is 2. The van der Waals surface area contributed by atoms with Crippen LogP contribution in [0.5, 0.6) is 11.5 Å². The van der Waals surface area contributed by atoms with Crippen molar-refractivity contribution in [2.45, 2.75) is 64.8 Å². The Balaban J connectivity index is 1.56. The Labute approximate surface area is 255 Å². The van der Waals surface area contributed by atoms with Crippen LogP contribution in [-0.4, -0.2) is 44.7 Å². The largest absolute Gasteiger partial charge is 0.497 e. The maximum atomic E-state index is 14.3. The number of fused-ring (bicyclic) bond motifs is 2. The van der Waals surface area contributed by atoms with Gasteiger partial charge in [-0.1, -0.05) is 50.1 Å². The van der Waals surface area contributed by atoms with Crippen LogP contribution in [0.1, 0.15) is 76.0 Å². The normalized spacial score (nSPS) is 19.6. The number of ketones is 1. The predicted molar refractivity (Wildman–Crippen MR) is 173 cm³/mol. The van der Waals surface area contributed by atoms with Gasteiger partial charge in [-0.2, -0.15) is 0 Å². The molecule has 0 spiro atoms. The molecule has 1 heterocycles. The fourth-order valence-corrected chi connectivity index (χ4v) is 6.68. The summed E-state index contributed by atoms with van der Waals surface area (Å²) in [6, 6.07) is 21.4. The molecule has 0 N–H and O–H groups in total. The molecule has 1 aliphatic carbocycles. The molecule has 1 amide bonds. The van der Waals surface area contributed by atoms with Crippen molar-refractivity contribution in [2.75, 3.05) is 37.1 Å². The average molecular weight is 582 g/mol. The van der Waals surface area contributed by atoms with Gasteiger partial charge in [0, 0.05) is 43.9 Å². The summed E-state index contributed by atoms with van der Waals surface area (Å²) in [4.78, 5) is 37.0. The number of carbonyl (C=O) groups excluding carboxylic acids is 2. The summed E-state index contributed by atoms with van der Waals surface area (Å²) in [5, 5.41) is 0. The molecule has 7 heteroatoms. The molecular formula is C36H43N3O4. The number of nitrogens with zero attached hydrogens (tertiary/aromatic N) is 3. The molecule has 5 rings (SSSR count). The Morgan fingerprint density at radius 2 is 1.74 bits per heavy atom. The highest BCUT2D eigenvalue weighted by Crippen LogP contribution is 2.48. The van der Waals surface area contributed by atoms with Crippen molar-refractivity contribution in [1.29, 1.82) is 0 Å². The van der Waals surface area contributed by atoms with E-state index in [1.165, 1.54) is 12.8 Å². The smallest absolute Gasteiger partial charge is 0.224 e. The minimum Gasteiger partial charge on any atom is -0.497 e. The second kappa shape index (κ2) is 13.4. The lowest BCUT2D eigenvalue weighted by molar-refractivity contribution is -0.123. The summed E-state index contributed by atoms with van der Waals surface area (Å²) in [5.41, 5.74) is 5.29. The molecule has 0 bridgehead atoms. The fourth-order valence-electron chi connectivity index (χ4n) is 6.68. The van der Waals surface area contributed by atoms with Crippen molar-refractivity contribution in [3.05, 3.63) is 77.9 Å². The molecule has 3 atom stereocenters. The summed E-state index contributed by atoms with van der Waals surface area (Å²) in [7, 11) is 3.26. The zero-order valence-corrected chi connectivity index (χ0v) is 26.0. The highest BCUT2D eigenvalue weighted by Gasteiger charge is 2.46. The number of hydrogen-bond acceptors (Lipinski definition) is 6. The highest BCUT2D eigenvalue weighted by atomic mass is 16.5. The van der Waals surface area contributed by atoms with E-state index < -0.39 is 12.0 Å². The molecule has 3 aromatic carbocycles. The van der Waals surface area contributed by atoms with Gasteiger partial charge in [-0.15, -0.1) is 0 Å². The zero-order valence-electron chi connectivity index (χ0n) is 26.0. The lowest BCUT2D eigenvalue weighted by Crippen LogP contribution is -2.45. The first-order valence-corrected chi connectivity index (χ1v) is 15.5. The zero-order chi connectivity index (χ0) is 30.5. The second-order valence-corrected chi connectivity index (χ2v) is 11.5. The van der Waals surface area contributed by atoms with Gasteiger partial charge < -0.3 is 19.3 Å². The Kier molecular flexibility index (Phi) is 9.49. The van der Waals surface area contributed by atoms with Crippen LogP contribution >= 0.6 is 0 Å². The maximum absolute atomic E-state index is 14.3. The van der Waals surface area contributed by atoms with Crippen molar-refractivity contribution >= 4 is 34.5 Å². The van der Waals surface area contributed by atoms with Crippen molar-refractivity contribution < 1.29 is 19.1 Å². The van der Waals surface area contributed by atoms with Crippen molar-refractivity contribution in [1.82, 2.24) is 0 Å². The van der Waals surface area contributed by atoms with Crippen LogP contribution < -0.4 is 19.3 Å². The third kappa shape index (κ3) is 6.17. The number of amides is 1. The Morgan fingerprint density at radius 1 is 0.977 bits per heavy atom. The molecule has 3 aromatic rings. The number of carbonyl (C=O) groups is 2. The van der Waals surface area contributed by atoms with Gasteiger partial charge in [-0.05, 0) is 67.1 Å². The van der Waals surface area contributed by atoms with E-state index >= 15 is 0 Å². The van der Waals surface area contributed by atoms with Crippen LogP contribution in [0.2, 0.25) is 0 Å². The molecular weight excluding hydrogens is 538 g/mol. The van der Waals surface area contributed by atoms with E-state index in [1.807, 2.05) is 42.5 Å². The van der Waals surface area contributed by atoms with Gasteiger partial charge in [-0.3, -0.25) is 14.6 Å². The number of benzene rings is 3. The van der Waals surface area contributed by atoms with Gasteiger partial charge in [0.15, 0.2) is 0 Å². The van der Waals surface area contributed by atoms with Gasteiger partial charge >= 0.3 is 0 Å². The maximum Gasteiger partial charge on any atom is 0.224 e. The Bertz CT molecular complexity index is 1480. The number of aliphatic imine (C=N–C) groups is 1. The predicted octanol–water partition coefficient (Wildman–Crippen LogP) is 7.66. The molecule has 7 nitrogen and oxygen atoms in total. The van der Waals surface area contributed by atoms with Crippen LogP contribution in [-0.2, 0) is 9.59 Å². The van der Waals surface area contributed by atoms with E-state index in [2.05, 4.69) is 43.0 Å². The number of unbranched alkanes of at least 4 members (excludes halogenated alkanes) is 2. The van der Waals surface area contributed by atoms with Gasteiger partial charge in [0.2, 0.25) is 5.91 Å². The summed E-state index contributed by atoms with van der Waals surface area (Å²) in [6.07, 6.45) is 4.48. The minimum atomic E-state index is -0.547. The van der Waals surface area contributed by atoms with E-state index in [9.17, 15) is 9.59 Å². The summed E-state index contributed by atoms with van der Waals surface area (Å²) >= 11 is 0. The third-order valence-corrected chi connectivity index (χ3v) is 8.84. The van der Waals surface area contributed by atoms with E-state index in [1.54, 1.807) is 26.0 Å². The number of rotatable bonds is 10. The summed E-state index contributed by atoms with van der Waals surface area (Å²) < 4.78 is 11.1. The summed E-state index contributed by atoms with van der Waals surface area (Å²) in [6.45, 7) is 7.91. The van der Waals surface area contributed by atoms with Crippen LogP contribution in [0.4, 0.5) is 17.1 Å². The Hall–Kier alpha value is -4.13. The first kappa shape index (κ1) is 30.3. The lowest BCUT2D eigenvalue weighted by atomic mass is 9.72. The van der Waals surface area contributed by atoms with Crippen LogP contribution in [0.15, 0.2) is 71.7 Å². The third-order valence-electron chi connectivity index (χ3n) is 8.84. The standard InChI is InChI=1S/C36H43N3O4/c1-6-8-11-20-38(7-2)27-16-14-25(15-17-27)36-35-31(37-30-12-9-10-13-32(30)39(36)24(3)40)21-26(22-33(35)41)29-19-18-28(42-4)23-34(29)43-5/h9-10,12-19,23,26,35-36H,6-8,11,20-22H2,1-5H3. The quantitative estimate of drug-likeness (QED) is 0.230. The molecule has 0 aromatic heterocycles. The Morgan fingerprint density at radius 3 is 2.42 bits per heavy atom. The second-order valence-electron chi connectivity index (χ2n) is 11.5. The van der Waals surface area contributed by atoms with Gasteiger partial charge in [-0.25, -0.2) is 0 Å². The van der Waals surface area contributed by atoms with E-state index in [-0.39, 0.29) is 17.6 Å². The number of methoxy groups -OCH3 is 2. The molecule has 3 unspecified atom stereocenters. The molecule has 1 aliphatic heterocycles. The van der Waals surface area contributed by atoms with Crippen LogP contribution in [0, 0.1) is 5.92 Å². The number of Topliss-reactive ketones (excluding diaryl/α,β-unsaturated/α-hetero) is 1. The van der Waals surface area contributed by atoms with Crippen molar-refractivity contribution in [3.8, 4) is 11.5 Å². The van der Waals surface area contributed by atoms with Crippen LogP contribution in [0.3, 0.4) is 0 Å². The molecule has 2 aliphatic rings. The van der Waals surface area contributed by atoms with E-state index in [4.69, 9.17) is 14.5 Å². The number of ether oxygens (including phenoxy) is 2. The summed E-state index contributed by atoms with van der Waals surface area (Å²) in [5.74, 6) is 0.726. The first-order chi connectivity index (χ1) is 20.9. The van der Waals surface area contributed by atoms with Gasteiger partial charge in [0.05, 0.1) is 37.6 Å². The lowest BCUT2D eigenvalue weighted by Gasteiger charge is -2.38. The number of hydrogen-bond donors (Lipinski definition) is 0. The van der Waals surface area contributed by atoms with E-state index in [0.717, 1.165) is 47.7 Å². The topological polar surface area (TPSA) is 71.4 Å². The molecule has 0 radical (unpaired) electrons. The SMILES string of the molecule is CCCCCN(CC)c1ccc(C2C3C(=O)CC(c4ccc(OC)cc4OC)CC3=Nc3ccccc3N2C(C)=O)cc1. The van der Waals surface area contributed by atoms with Gasteiger partial charge in [0.1, 0.15) is 17.3 Å². The molecule has 1 saturated carbocycles. The molecule has 1 fully saturated rings. The number of anilines is 2. The monoisotopic (exact) mass is 581 g/mol. The highest BCUT2D eigenvalue weighted by molar-refractivity contribution is 6.13. The van der Waals surface area contributed by atoms with Crippen LogP contribution in [0.25, 0.3) is 0 Å². The fraction of sp³-hybridized carbons (Fsp3) is 0.417. The molecule has 43 heavy (non-hydrogen) atoms. The molecule has 226 valence electrons. The molecule has 0 saturated heterocycles. The van der Waals surface area contributed by atoms with Crippen molar-refractivity contribution in [2.24, 2.45) is 10.9 Å². The average Bonchev–Trinajstić information content (AvgIpc) is 3.17.